The second kappa shape index (κ2) is 22.5. The number of hydrogen-bond acceptors (Lipinski definition) is 8. The van der Waals surface area contributed by atoms with Crippen LogP contribution in [0.1, 0.15) is 199 Å². The number of benzene rings is 2. The molecule has 362 valence electrons. The number of aromatic amines is 4. The lowest BCUT2D eigenvalue weighted by molar-refractivity contribution is 0.0509. The number of rotatable bonds is 21. The van der Waals surface area contributed by atoms with Crippen molar-refractivity contribution in [1.82, 2.24) is 19.9 Å². The second-order valence-electron chi connectivity index (χ2n) is 17.2. The summed E-state index contributed by atoms with van der Waals surface area (Å²) in [5.74, 6) is -2.25. The first-order valence-corrected chi connectivity index (χ1v) is 24.4. The maximum atomic E-state index is 13.2. The SMILES string of the molecule is CCOC(=O)c1[nH]c(C(c2ccc(CCc3ccc(C(c4[nH]c(C(=O)OCC)c(C)c4CC)c4[nH]c(C(=O)OCC)c(C)c4CC)cc3)cc2)c2[nH]c(C(=O)OCC)c(C)c2CC)c(CC)c1C. The third-order valence-corrected chi connectivity index (χ3v) is 13.5. The average molecular weight is 927 g/mol. The summed E-state index contributed by atoms with van der Waals surface area (Å²) in [4.78, 5) is 66.8. The Morgan fingerprint density at radius 2 is 0.603 bits per heavy atom. The Bertz CT molecular complexity index is 2420. The fourth-order valence-electron chi connectivity index (χ4n) is 10.1. The molecule has 2 aromatic carbocycles. The van der Waals surface area contributed by atoms with Gasteiger partial charge in [0.1, 0.15) is 22.8 Å². The Hall–Kier alpha value is -6.56. The van der Waals surface area contributed by atoms with E-state index in [2.05, 4.69) is 96.2 Å². The summed E-state index contributed by atoms with van der Waals surface area (Å²) in [5.41, 5.74) is 17.2. The Morgan fingerprint density at radius 1 is 0.382 bits per heavy atom. The highest BCUT2D eigenvalue weighted by atomic mass is 16.5. The van der Waals surface area contributed by atoms with Gasteiger partial charge in [0.15, 0.2) is 0 Å². The van der Waals surface area contributed by atoms with Crippen LogP contribution < -0.4 is 0 Å². The van der Waals surface area contributed by atoms with Crippen LogP contribution in [0.3, 0.4) is 0 Å². The smallest absolute Gasteiger partial charge is 0.355 e. The van der Waals surface area contributed by atoms with E-state index in [0.29, 0.717) is 48.5 Å². The van der Waals surface area contributed by atoms with Crippen LogP contribution in [-0.4, -0.2) is 70.2 Å². The van der Waals surface area contributed by atoms with Gasteiger partial charge in [-0.3, -0.25) is 0 Å². The third kappa shape index (κ3) is 10.0. The number of nitrogens with one attached hydrogen (secondary N) is 4. The van der Waals surface area contributed by atoms with E-state index in [1.807, 2.05) is 27.7 Å². The Labute approximate surface area is 401 Å². The monoisotopic (exact) mass is 927 g/mol. The fourth-order valence-corrected chi connectivity index (χ4v) is 10.1. The van der Waals surface area contributed by atoms with Gasteiger partial charge < -0.3 is 38.9 Å². The summed E-state index contributed by atoms with van der Waals surface area (Å²) in [6.45, 7) is 24.4. The van der Waals surface area contributed by atoms with Gasteiger partial charge in [-0.1, -0.05) is 76.2 Å². The van der Waals surface area contributed by atoms with Gasteiger partial charge >= 0.3 is 23.9 Å². The molecule has 0 aliphatic carbocycles. The molecule has 0 radical (unpaired) electrons. The van der Waals surface area contributed by atoms with E-state index < -0.39 is 23.9 Å². The molecule has 0 aliphatic rings. The van der Waals surface area contributed by atoms with Crippen LogP contribution in [0.5, 0.6) is 0 Å². The number of aryl methyl sites for hydroxylation is 2. The first-order chi connectivity index (χ1) is 32.7. The van der Waals surface area contributed by atoms with Crippen molar-refractivity contribution in [3.05, 3.63) is 161 Å². The maximum absolute atomic E-state index is 13.2. The lowest BCUT2D eigenvalue weighted by atomic mass is 9.85. The summed E-state index contributed by atoms with van der Waals surface area (Å²) < 4.78 is 21.9. The summed E-state index contributed by atoms with van der Waals surface area (Å²) in [7, 11) is 0. The first kappa shape index (κ1) is 50.8. The quantitative estimate of drug-likeness (QED) is 0.0408. The van der Waals surface area contributed by atoms with Crippen LogP contribution in [0, 0.1) is 27.7 Å². The normalized spacial score (nSPS) is 11.4. The van der Waals surface area contributed by atoms with E-state index in [9.17, 15) is 19.2 Å². The highest BCUT2D eigenvalue weighted by Gasteiger charge is 2.33. The number of H-pyrrole nitrogens is 4. The van der Waals surface area contributed by atoms with E-state index in [-0.39, 0.29) is 38.3 Å². The Morgan fingerprint density at radius 3 is 0.794 bits per heavy atom. The molecule has 0 atom stereocenters. The van der Waals surface area contributed by atoms with Crippen LogP contribution >= 0.6 is 0 Å². The average Bonchev–Trinajstić information content (AvgIpc) is 4.05. The van der Waals surface area contributed by atoms with E-state index >= 15 is 0 Å². The molecule has 0 fully saturated rings. The molecular formula is C56H70N4O8. The van der Waals surface area contributed by atoms with Crippen molar-refractivity contribution in [2.75, 3.05) is 26.4 Å². The Balaban J connectivity index is 1.36. The molecule has 0 amide bonds. The van der Waals surface area contributed by atoms with Crippen molar-refractivity contribution in [2.24, 2.45) is 0 Å². The van der Waals surface area contributed by atoms with Gasteiger partial charge in [-0.2, -0.15) is 0 Å². The van der Waals surface area contributed by atoms with Crippen molar-refractivity contribution in [2.45, 2.75) is 133 Å². The van der Waals surface area contributed by atoms with Crippen molar-refractivity contribution < 1.29 is 38.1 Å². The van der Waals surface area contributed by atoms with Gasteiger partial charge in [-0.05, 0) is 161 Å². The lowest BCUT2D eigenvalue weighted by Crippen LogP contribution is -2.11. The van der Waals surface area contributed by atoms with Crippen molar-refractivity contribution in [1.29, 1.82) is 0 Å². The van der Waals surface area contributed by atoms with Crippen LogP contribution in [-0.2, 0) is 57.5 Å². The minimum Gasteiger partial charge on any atom is -0.461 e. The van der Waals surface area contributed by atoms with Crippen molar-refractivity contribution >= 4 is 23.9 Å². The second-order valence-corrected chi connectivity index (χ2v) is 17.2. The predicted octanol–water partition coefficient (Wildman–Crippen LogP) is 11.3. The highest BCUT2D eigenvalue weighted by Crippen LogP contribution is 2.41. The summed E-state index contributed by atoms with van der Waals surface area (Å²) in [6, 6.07) is 17.2. The van der Waals surface area contributed by atoms with E-state index in [4.69, 9.17) is 18.9 Å². The molecule has 0 saturated heterocycles. The topological polar surface area (TPSA) is 168 Å². The minimum atomic E-state index is -0.393. The molecule has 0 spiro atoms. The van der Waals surface area contributed by atoms with Crippen LogP contribution in [0.4, 0.5) is 0 Å². The number of carbonyl (C=O) groups is 4. The molecule has 0 bridgehead atoms. The molecule has 4 N–H and O–H groups in total. The number of ether oxygens (including phenoxy) is 4. The fraction of sp³-hybridized carbons (Fsp3) is 0.429. The number of hydrogen-bond donors (Lipinski definition) is 4. The molecular weight excluding hydrogens is 857 g/mol. The molecule has 0 saturated carbocycles. The number of carbonyl (C=O) groups excluding carboxylic acids is 4. The van der Waals surface area contributed by atoms with E-state index in [1.165, 1.54) is 0 Å². The Kier molecular flexibility index (Phi) is 16.8. The van der Waals surface area contributed by atoms with Crippen LogP contribution in [0.15, 0.2) is 48.5 Å². The number of aromatic nitrogens is 4. The zero-order valence-electron chi connectivity index (χ0n) is 42.1. The molecule has 4 heterocycles. The van der Waals surface area contributed by atoms with Gasteiger partial charge in [-0.15, -0.1) is 0 Å². The number of esters is 4. The third-order valence-electron chi connectivity index (χ3n) is 13.5. The molecule has 68 heavy (non-hydrogen) atoms. The van der Waals surface area contributed by atoms with Gasteiger partial charge in [0, 0.05) is 22.8 Å². The van der Waals surface area contributed by atoms with E-state index in [0.717, 1.165) is 102 Å². The molecule has 4 aromatic heterocycles. The van der Waals surface area contributed by atoms with E-state index in [1.54, 1.807) is 27.7 Å². The van der Waals surface area contributed by atoms with Crippen LogP contribution in [0.25, 0.3) is 0 Å². The highest BCUT2D eigenvalue weighted by molar-refractivity contribution is 5.92. The minimum absolute atomic E-state index is 0.265. The van der Waals surface area contributed by atoms with Gasteiger partial charge in [0.25, 0.3) is 0 Å². The van der Waals surface area contributed by atoms with Crippen molar-refractivity contribution in [3.8, 4) is 0 Å². The maximum Gasteiger partial charge on any atom is 0.355 e. The predicted molar refractivity (Wildman–Crippen MR) is 266 cm³/mol. The molecule has 6 aromatic rings. The molecule has 0 aliphatic heterocycles. The molecule has 6 rings (SSSR count). The standard InChI is InChI=1S/C56H70N4O8/c1-13-39-31(9)45(53(61)65-17-5)57-49(39)43(50-40(14-2)32(10)46(58-50)54(62)66-18-6)37-27-23-35(24-28-37)21-22-36-25-29-38(30-26-36)44(51-41(15-3)33(11)47(59-51)55(63)67-19-7)52-42(16-4)34(12)48(60-52)56(64)68-20-8/h23-30,43-44,57-60H,13-22H2,1-12H3. The summed E-state index contributed by atoms with van der Waals surface area (Å²) in [6.07, 6.45) is 4.33. The van der Waals surface area contributed by atoms with Gasteiger partial charge in [0.2, 0.25) is 0 Å². The largest absolute Gasteiger partial charge is 0.461 e. The molecule has 12 nitrogen and oxygen atoms in total. The van der Waals surface area contributed by atoms with Gasteiger partial charge in [-0.25, -0.2) is 19.2 Å². The lowest BCUT2D eigenvalue weighted by Gasteiger charge is -2.21. The first-order valence-electron chi connectivity index (χ1n) is 24.4. The zero-order valence-corrected chi connectivity index (χ0v) is 42.1. The molecule has 0 unspecified atom stereocenters. The summed E-state index contributed by atoms with van der Waals surface area (Å²) >= 11 is 0. The molecule has 12 heteroatoms. The summed E-state index contributed by atoms with van der Waals surface area (Å²) in [5, 5.41) is 0. The van der Waals surface area contributed by atoms with Crippen LogP contribution in [0.2, 0.25) is 0 Å². The van der Waals surface area contributed by atoms with Gasteiger partial charge in [0.05, 0.1) is 38.3 Å². The zero-order chi connectivity index (χ0) is 49.4. The van der Waals surface area contributed by atoms with Crippen molar-refractivity contribution in [3.63, 3.8) is 0 Å².